The van der Waals surface area contributed by atoms with Crippen LogP contribution >= 0.6 is 0 Å². The van der Waals surface area contributed by atoms with Gasteiger partial charge in [-0.05, 0) is 36.7 Å². The molecule has 1 rings (SSSR count). The molecule has 0 aromatic heterocycles. The molecule has 0 saturated heterocycles. The van der Waals surface area contributed by atoms with Gasteiger partial charge in [-0.3, -0.25) is 0 Å². The molecular weight excluding hydrogens is 196 g/mol. The molecule has 0 amide bonds. The molecule has 0 bridgehead atoms. The minimum Gasteiger partial charge on any atom is -0.393 e. The predicted octanol–water partition coefficient (Wildman–Crippen LogP) is 3.81. The van der Waals surface area contributed by atoms with Crippen molar-refractivity contribution in [2.75, 3.05) is 0 Å². The van der Waals surface area contributed by atoms with Gasteiger partial charge in [0, 0.05) is 0 Å². The molecule has 1 aromatic rings. The van der Waals surface area contributed by atoms with Gasteiger partial charge >= 0.3 is 0 Å². The molecule has 0 spiro atoms. The maximum atomic E-state index is 10.1. The van der Waals surface area contributed by atoms with E-state index in [2.05, 4.69) is 45.0 Å². The summed E-state index contributed by atoms with van der Waals surface area (Å²) in [6.07, 6.45) is 3.88. The van der Waals surface area contributed by atoms with E-state index in [9.17, 15) is 5.11 Å². The summed E-state index contributed by atoms with van der Waals surface area (Å²) in [5, 5.41) is 10.1. The molecule has 90 valence electrons. The molecule has 0 aliphatic heterocycles. The van der Waals surface area contributed by atoms with E-state index in [4.69, 9.17) is 0 Å². The lowest BCUT2D eigenvalue weighted by atomic mass is 9.81. The SMILES string of the molecule is CCC(C)(C)C(O)CCCc1ccccc1. The van der Waals surface area contributed by atoms with Crippen molar-refractivity contribution < 1.29 is 5.11 Å². The fourth-order valence-electron chi connectivity index (χ4n) is 1.77. The van der Waals surface area contributed by atoms with Crippen LogP contribution in [0.1, 0.15) is 45.6 Å². The number of benzene rings is 1. The Kier molecular flexibility index (Phi) is 5.01. The van der Waals surface area contributed by atoms with Crippen LogP contribution in [0.2, 0.25) is 0 Å². The number of aliphatic hydroxyl groups excluding tert-OH is 1. The van der Waals surface area contributed by atoms with Gasteiger partial charge in [0.2, 0.25) is 0 Å². The topological polar surface area (TPSA) is 20.2 Å². The lowest BCUT2D eigenvalue weighted by molar-refractivity contribution is 0.0390. The zero-order chi connectivity index (χ0) is 12.0. The Morgan fingerprint density at radius 1 is 1.19 bits per heavy atom. The quantitative estimate of drug-likeness (QED) is 0.773. The van der Waals surface area contributed by atoms with Crippen molar-refractivity contribution in [2.24, 2.45) is 5.41 Å². The summed E-state index contributed by atoms with van der Waals surface area (Å²) in [4.78, 5) is 0. The van der Waals surface area contributed by atoms with E-state index in [0.717, 1.165) is 25.7 Å². The lowest BCUT2D eigenvalue weighted by Crippen LogP contribution is -2.28. The second-order valence-electron chi connectivity index (χ2n) is 5.24. The number of hydrogen-bond donors (Lipinski definition) is 1. The largest absolute Gasteiger partial charge is 0.393 e. The van der Waals surface area contributed by atoms with Crippen LogP contribution in [-0.4, -0.2) is 11.2 Å². The van der Waals surface area contributed by atoms with Gasteiger partial charge in [-0.2, -0.15) is 0 Å². The molecule has 0 saturated carbocycles. The minimum atomic E-state index is -0.179. The molecule has 1 unspecified atom stereocenters. The molecule has 0 radical (unpaired) electrons. The molecule has 1 aromatic carbocycles. The first kappa shape index (κ1) is 13.2. The van der Waals surface area contributed by atoms with Crippen LogP contribution in [0.4, 0.5) is 0 Å². The van der Waals surface area contributed by atoms with Crippen molar-refractivity contribution in [1.29, 1.82) is 0 Å². The summed E-state index contributed by atoms with van der Waals surface area (Å²) in [6.45, 7) is 6.42. The van der Waals surface area contributed by atoms with Crippen molar-refractivity contribution >= 4 is 0 Å². The summed E-state index contributed by atoms with van der Waals surface area (Å²) in [6, 6.07) is 10.5. The van der Waals surface area contributed by atoms with Crippen molar-refractivity contribution in [3.05, 3.63) is 35.9 Å². The van der Waals surface area contributed by atoms with Crippen molar-refractivity contribution in [1.82, 2.24) is 0 Å². The van der Waals surface area contributed by atoms with Crippen LogP contribution < -0.4 is 0 Å². The Morgan fingerprint density at radius 3 is 2.38 bits per heavy atom. The van der Waals surface area contributed by atoms with Gasteiger partial charge in [-0.25, -0.2) is 0 Å². The molecule has 1 heteroatoms. The van der Waals surface area contributed by atoms with Crippen LogP contribution in [0.25, 0.3) is 0 Å². The molecule has 0 aliphatic rings. The van der Waals surface area contributed by atoms with E-state index in [0.29, 0.717) is 0 Å². The first-order chi connectivity index (χ1) is 7.56. The number of hydrogen-bond acceptors (Lipinski definition) is 1. The van der Waals surface area contributed by atoms with Gasteiger partial charge in [0.25, 0.3) is 0 Å². The third kappa shape index (κ3) is 3.97. The van der Waals surface area contributed by atoms with Crippen LogP contribution in [0.3, 0.4) is 0 Å². The van der Waals surface area contributed by atoms with Crippen LogP contribution in [0, 0.1) is 5.41 Å². The summed E-state index contributed by atoms with van der Waals surface area (Å²) in [5.41, 5.74) is 1.42. The average molecular weight is 220 g/mol. The van der Waals surface area contributed by atoms with Crippen molar-refractivity contribution in [3.8, 4) is 0 Å². The maximum Gasteiger partial charge on any atom is 0.0591 e. The Balaban J connectivity index is 2.31. The Morgan fingerprint density at radius 2 is 1.81 bits per heavy atom. The van der Waals surface area contributed by atoms with E-state index in [1.165, 1.54) is 5.56 Å². The van der Waals surface area contributed by atoms with E-state index in [1.807, 2.05) is 6.07 Å². The fourth-order valence-corrected chi connectivity index (χ4v) is 1.77. The molecule has 1 nitrogen and oxygen atoms in total. The summed E-state index contributed by atoms with van der Waals surface area (Å²) < 4.78 is 0. The number of rotatable bonds is 6. The van der Waals surface area contributed by atoms with E-state index in [1.54, 1.807) is 0 Å². The standard InChI is InChI=1S/C15H24O/c1-4-15(2,3)14(16)12-8-11-13-9-6-5-7-10-13/h5-7,9-10,14,16H,4,8,11-12H2,1-3H3. The fraction of sp³-hybridized carbons (Fsp3) is 0.600. The highest BCUT2D eigenvalue weighted by atomic mass is 16.3. The molecule has 16 heavy (non-hydrogen) atoms. The lowest BCUT2D eigenvalue weighted by Gasteiger charge is -2.29. The zero-order valence-electron chi connectivity index (χ0n) is 10.7. The third-order valence-electron chi connectivity index (χ3n) is 3.60. The maximum absolute atomic E-state index is 10.1. The van der Waals surface area contributed by atoms with Crippen LogP contribution in [0.15, 0.2) is 30.3 Å². The molecular formula is C15H24O. The normalized spacial score (nSPS) is 13.8. The highest BCUT2D eigenvalue weighted by molar-refractivity contribution is 5.14. The van der Waals surface area contributed by atoms with Gasteiger partial charge < -0.3 is 5.11 Å². The Labute approximate surface area is 99.5 Å². The molecule has 0 heterocycles. The zero-order valence-corrected chi connectivity index (χ0v) is 10.7. The first-order valence-corrected chi connectivity index (χ1v) is 6.28. The summed E-state index contributed by atoms with van der Waals surface area (Å²) >= 11 is 0. The Hall–Kier alpha value is -0.820. The van der Waals surface area contributed by atoms with E-state index >= 15 is 0 Å². The summed E-state index contributed by atoms with van der Waals surface area (Å²) in [7, 11) is 0. The second kappa shape index (κ2) is 6.05. The van der Waals surface area contributed by atoms with Crippen molar-refractivity contribution in [2.45, 2.75) is 52.6 Å². The van der Waals surface area contributed by atoms with Crippen LogP contribution in [-0.2, 0) is 6.42 Å². The van der Waals surface area contributed by atoms with Gasteiger partial charge in [0.1, 0.15) is 0 Å². The molecule has 0 aliphatic carbocycles. The van der Waals surface area contributed by atoms with E-state index in [-0.39, 0.29) is 11.5 Å². The highest BCUT2D eigenvalue weighted by Gasteiger charge is 2.24. The number of aryl methyl sites for hydroxylation is 1. The average Bonchev–Trinajstić information content (AvgIpc) is 2.30. The van der Waals surface area contributed by atoms with Crippen LogP contribution in [0.5, 0.6) is 0 Å². The minimum absolute atomic E-state index is 0.0523. The van der Waals surface area contributed by atoms with Gasteiger partial charge in [-0.1, -0.05) is 51.1 Å². The monoisotopic (exact) mass is 220 g/mol. The van der Waals surface area contributed by atoms with E-state index < -0.39 is 0 Å². The third-order valence-corrected chi connectivity index (χ3v) is 3.60. The Bertz CT molecular complexity index is 290. The molecule has 1 atom stereocenters. The second-order valence-corrected chi connectivity index (χ2v) is 5.24. The van der Waals surface area contributed by atoms with Gasteiger partial charge in [0.15, 0.2) is 0 Å². The molecule has 0 fully saturated rings. The first-order valence-electron chi connectivity index (χ1n) is 6.28. The van der Waals surface area contributed by atoms with Crippen molar-refractivity contribution in [3.63, 3.8) is 0 Å². The van der Waals surface area contributed by atoms with Gasteiger partial charge in [-0.15, -0.1) is 0 Å². The smallest absolute Gasteiger partial charge is 0.0591 e. The predicted molar refractivity (Wildman–Crippen MR) is 69.5 cm³/mol. The summed E-state index contributed by atoms with van der Waals surface area (Å²) in [5.74, 6) is 0. The highest BCUT2D eigenvalue weighted by Crippen LogP contribution is 2.27. The van der Waals surface area contributed by atoms with Gasteiger partial charge in [0.05, 0.1) is 6.10 Å². The number of aliphatic hydroxyl groups is 1. The molecule has 1 N–H and O–H groups in total.